The number of rotatable bonds is 11. The Bertz CT molecular complexity index is 1380. The second kappa shape index (κ2) is 13.3. The van der Waals surface area contributed by atoms with Gasteiger partial charge >= 0.3 is 19.5 Å². The minimum atomic E-state index is -4.55. The lowest BCUT2D eigenvalue weighted by Gasteiger charge is -2.25. The van der Waals surface area contributed by atoms with E-state index in [1.54, 1.807) is 32.0 Å². The zero-order valence-corrected chi connectivity index (χ0v) is 23.6. The molecule has 2 aromatic rings. The first-order chi connectivity index (χ1) is 18.9. The minimum absolute atomic E-state index is 0.114. The van der Waals surface area contributed by atoms with Gasteiger partial charge < -0.3 is 24.9 Å². The number of alkyl halides is 1. The maximum Gasteiger partial charge on any atom is 0.530 e. The van der Waals surface area contributed by atoms with Crippen molar-refractivity contribution in [2.45, 2.75) is 63.2 Å². The van der Waals surface area contributed by atoms with Crippen LogP contribution in [0.3, 0.4) is 0 Å². The molecule has 15 nitrogen and oxygen atoms in total. The number of ether oxygens (including phenoxy) is 2. The molecule has 1 aromatic heterocycles. The molecule has 6 atom stereocenters. The van der Waals surface area contributed by atoms with Crippen molar-refractivity contribution >= 4 is 31.3 Å². The average Bonchev–Trinajstić information content (AvgIpc) is 3.13. The highest BCUT2D eigenvalue weighted by Crippen LogP contribution is 2.52. The maximum atomic E-state index is 13.7. The van der Waals surface area contributed by atoms with E-state index in [1.165, 1.54) is 26.0 Å². The third-order valence-electron chi connectivity index (χ3n) is 5.20. The number of benzene rings is 1. The number of para-hydroxylation sites is 1. The monoisotopic (exact) mass is 598 g/mol. The summed E-state index contributed by atoms with van der Waals surface area (Å²) >= 11 is 6.67. The van der Waals surface area contributed by atoms with Gasteiger partial charge in [0.2, 0.25) is 0 Å². The van der Waals surface area contributed by atoms with Gasteiger partial charge in [0.25, 0.3) is 5.95 Å². The molecule has 17 heteroatoms. The first kappa shape index (κ1) is 31.2. The molecule has 1 unspecified atom stereocenters. The van der Waals surface area contributed by atoms with Crippen molar-refractivity contribution in [1.82, 2.24) is 14.5 Å². The molecule has 1 aliphatic heterocycles. The number of hydrogen-bond acceptors (Lipinski definition) is 13. The number of aliphatic hydroxyl groups is 1. The van der Waals surface area contributed by atoms with Crippen LogP contribution in [0, 0.1) is 11.8 Å². The standard InChI is InChI=1S/C23H28ClN6O9P/c1-5-11-23(24)18(31)17(37-20(23)30-13-26-21(28-29-25)27-22(30)33)12-35-40(34,39-16-9-7-6-8-10-16)38-15(4)19(32)36-14(2)3/h6-10,13-15,17-18,20,31H,12H2,1-4H3,(H2,25,27,28,33)/t15-,17+,18-,20+,23+,40?/m0/s1. The first-order valence-electron chi connectivity index (χ1n) is 11.8. The van der Waals surface area contributed by atoms with E-state index in [-0.39, 0.29) is 11.7 Å². The van der Waals surface area contributed by atoms with Gasteiger partial charge in [-0.2, -0.15) is 9.97 Å². The summed E-state index contributed by atoms with van der Waals surface area (Å²) in [6, 6.07) is 7.94. The Balaban J connectivity index is 1.87. The van der Waals surface area contributed by atoms with Crippen molar-refractivity contribution in [3.63, 3.8) is 0 Å². The molecule has 3 N–H and O–H groups in total. The van der Waals surface area contributed by atoms with E-state index in [0.717, 1.165) is 10.9 Å². The van der Waals surface area contributed by atoms with Crippen LogP contribution in [0.5, 0.6) is 5.75 Å². The van der Waals surface area contributed by atoms with Crippen LogP contribution in [0.15, 0.2) is 51.8 Å². The molecule has 0 aliphatic carbocycles. The van der Waals surface area contributed by atoms with Crippen molar-refractivity contribution < 1.29 is 37.5 Å². The number of carbonyl (C=O) groups excluding carboxylic acids is 1. The number of halogens is 1. The Hall–Kier alpha value is -3.38. The second-order valence-corrected chi connectivity index (χ2v) is 10.7. The molecular weight excluding hydrogens is 571 g/mol. The van der Waals surface area contributed by atoms with E-state index in [1.807, 2.05) is 0 Å². The largest absolute Gasteiger partial charge is 0.530 e. The lowest BCUT2D eigenvalue weighted by molar-refractivity contribution is -0.156. The van der Waals surface area contributed by atoms with Crippen LogP contribution in [0.2, 0.25) is 0 Å². The summed E-state index contributed by atoms with van der Waals surface area (Å²) in [6.07, 6.45) is -5.11. The Kier molecular flexibility index (Phi) is 10.4. The topological polar surface area (TPSA) is 199 Å². The van der Waals surface area contributed by atoms with Crippen molar-refractivity contribution in [3.05, 3.63) is 47.1 Å². The van der Waals surface area contributed by atoms with Crippen LogP contribution in [0.1, 0.15) is 33.9 Å². The number of phosphoric acid groups is 1. The van der Waals surface area contributed by atoms with Gasteiger partial charge in [-0.05, 0) is 39.8 Å². The lowest BCUT2D eigenvalue weighted by atomic mass is 9.99. The average molecular weight is 599 g/mol. The van der Waals surface area contributed by atoms with Crippen LogP contribution in [-0.2, 0) is 27.9 Å². The normalized spacial score (nSPS) is 24.7. The number of phosphoric ester groups is 1. The molecule has 3 rings (SSSR count). The van der Waals surface area contributed by atoms with Gasteiger partial charge in [-0.15, -0.1) is 5.92 Å². The van der Waals surface area contributed by atoms with Crippen molar-refractivity contribution in [3.8, 4) is 17.6 Å². The summed E-state index contributed by atoms with van der Waals surface area (Å²) in [7, 11) is -4.55. The molecule has 216 valence electrons. The predicted octanol–water partition coefficient (Wildman–Crippen LogP) is 2.42. The zero-order valence-electron chi connectivity index (χ0n) is 21.9. The van der Waals surface area contributed by atoms with Crippen LogP contribution < -0.4 is 16.1 Å². The maximum absolute atomic E-state index is 13.7. The molecule has 0 spiro atoms. The summed E-state index contributed by atoms with van der Waals surface area (Å²) in [4.78, 5) is 30.5. The van der Waals surface area contributed by atoms with E-state index in [2.05, 4.69) is 32.1 Å². The third kappa shape index (κ3) is 7.42. The molecule has 1 aromatic carbocycles. The highest BCUT2D eigenvalue weighted by molar-refractivity contribution is 7.49. The van der Waals surface area contributed by atoms with Crippen molar-refractivity contribution in [2.24, 2.45) is 16.2 Å². The molecule has 0 bridgehead atoms. The highest BCUT2D eigenvalue weighted by atomic mass is 35.5. The lowest BCUT2D eigenvalue weighted by Crippen LogP contribution is -2.43. The number of nitrogens with zero attached hydrogens (tertiary/aromatic N) is 5. The van der Waals surface area contributed by atoms with Crippen LogP contribution in [0.25, 0.3) is 0 Å². The zero-order chi connectivity index (χ0) is 29.5. The smallest absolute Gasteiger partial charge is 0.461 e. The van der Waals surface area contributed by atoms with Gasteiger partial charge in [-0.3, -0.25) is 13.6 Å². The van der Waals surface area contributed by atoms with Gasteiger partial charge in [-0.1, -0.05) is 46.1 Å². The summed E-state index contributed by atoms with van der Waals surface area (Å²) in [5, 5.41) is 17.5. The highest BCUT2D eigenvalue weighted by Gasteiger charge is 2.57. The van der Waals surface area contributed by atoms with Gasteiger partial charge in [0, 0.05) is 0 Å². The van der Waals surface area contributed by atoms with Crippen LogP contribution in [-0.4, -0.2) is 61.5 Å². The predicted molar refractivity (Wildman–Crippen MR) is 139 cm³/mol. The molecule has 1 saturated heterocycles. The molecule has 2 heterocycles. The number of aliphatic hydroxyl groups excluding tert-OH is 1. The Morgan fingerprint density at radius 2 is 2.05 bits per heavy atom. The second-order valence-electron chi connectivity index (χ2n) is 8.56. The summed E-state index contributed by atoms with van der Waals surface area (Å²) in [5.74, 6) is 9.18. The minimum Gasteiger partial charge on any atom is -0.461 e. The molecular formula is C23H28ClN6O9P. The Labute approximate surface area is 234 Å². The molecule has 0 amide bonds. The number of nitrogens with two attached hydrogens (primary N) is 1. The molecule has 1 fully saturated rings. The molecule has 0 radical (unpaired) electrons. The number of aromatic nitrogens is 3. The fourth-order valence-corrected chi connectivity index (χ4v) is 5.23. The Morgan fingerprint density at radius 3 is 2.65 bits per heavy atom. The fourth-order valence-electron chi connectivity index (χ4n) is 3.50. The number of carbonyl (C=O) groups is 1. The third-order valence-corrected chi connectivity index (χ3v) is 7.18. The summed E-state index contributed by atoms with van der Waals surface area (Å²) < 4.78 is 41.9. The van der Waals surface area contributed by atoms with Gasteiger partial charge in [0.15, 0.2) is 17.2 Å². The van der Waals surface area contributed by atoms with Crippen molar-refractivity contribution in [2.75, 3.05) is 6.61 Å². The van der Waals surface area contributed by atoms with Gasteiger partial charge in [-0.25, -0.2) is 14.2 Å². The SMILES string of the molecule is CC#C[C@@]1(Cl)[C@@H](O)[C@@H](COP(=O)(Oc2ccccc2)O[C@@H](C)C(=O)OC(C)C)O[C@H]1n1cnc(N=NN)nc1=O. The molecule has 1 aliphatic rings. The van der Waals surface area contributed by atoms with E-state index < -0.39 is 61.6 Å². The summed E-state index contributed by atoms with van der Waals surface area (Å²) in [6.45, 7) is 5.44. The van der Waals surface area contributed by atoms with Crippen LogP contribution in [0.4, 0.5) is 5.95 Å². The first-order valence-corrected chi connectivity index (χ1v) is 13.7. The van der Waals surface area contributed by atoms with Crippen molar-refractivity contribution in [1.29, 1.82) is 0 Å². The van der Waals surface area contributed by atoms with E-state index in [9.17, 15) is 19.3 Å². The molecule has 0 saturated carbocycles. The number of hydrogen-bond donors (Lipinski definition) is 2. The van der Waals surface area contributed by atoms with Gasteiger partial charge in [0.05, 0.1) is 12.7 Å². The van der Waals surface area contributed by atoms with E-state index in [4.69, 9.17) is 40.5 Å². The Morgan fingerprint density at radius 1 is 1.35 bits per heavy atom. The number of esters is 1. The fraction of sp³-hybridized carbons (Fsp3) is 0.478. The molecule has 40 heavy (non-hydrogen) atoms. The quantitative estimate of drug-likeness (QED) is 0.0729. The summed E-state index contributed by atoms with van der Waals surface area (Å²) in [5.41, 5.74) is -0.905. The van der Waals surface area contributed by atoms with E-state index in [0.29, 0.717) is 0 Å². The van der Waals surface area contributed by atoms with E-state index >= 15 is 0 Å². The van der Waals surface area contributed by atoms with Crippen LogP contribution >= 0.6 is 19.4 Å². The van der Waals surface area contributed by atoms with Gasteiger partial charge in [0.1, 0.15) is 24.3 Å².